The maximum Gasteiger partial charge on any atom is 0.269 e. The lowest BCUT2D eigenvalue weighted by Gasteiger charge is -2.21. The van der Waals surface area contributed by atoms with E-state index in [0.717, 1.165) is 30.5 Å². The first-order valence-electron chi connectivity index (χ1n) is 7.97. The summed E-state index contributed by atoms with van der Waals surface area (Å²) in [6.45, 7) is 3.98. The van der Waals surface area contributed by atoms with E-state index in [9.17, 15) is 4.79 Å². The maximum atomic E-state index is 12.1. The van der Waals surface area contributed by atoms with Crippen LogP contribution in [0, 0.1) is 5.92 Å². The quantitative estimate of drug-likeness (QED) is 0.918. The highest BCUT2D eigenvalue weighted by molar-refractivity contribution is 5.74. The topological polar surface area (TPSA) is 46.9 Å². The van der Waals surface area contributed by atoms with Crippen molar-refractivity contribution in [2.45, 2.75) is 45.2 Å². The molecular weight excluding hydrogens is 262 g/mol. The maximum absolute atomic E-state index is 12.1. The highest BCUT2D eigenvalue weighted by atomic mass is 16.1. The van der Waals surface area contributed by atoms with E-state index in [1.54, 1.807) is 0 Å². The number of aromatic nitrogens is 2. The second kappa shape index (κ2) is 6.39. The van der Waals surface area contributed by atoms with Crippen LogP contribution in [-0.2, 0) is 6.54 Å². The Morgan fingerprint density at radius 3 is 3.05 bits per heavy atom. The van der Waals surface area contributed by atoms with Gasteiger partial charge in [0.1, 0.15) is 0 Å². The third kappa shape index (κ3) is 3.00. The minimum Gasteiger partial charge on any atom is -0.314 e. The lowest BCUT2D eigenvalue weighted by Crippen LogP contribution is -2.33. The van der Waals surface area contributed by atoms with E-state index in [1.165, 1.54) is 25.5 Å². The average Bonchev–Trinajstić information content (AvgIpc) is 2.94. The first kappa shape index (κ1) is 14.3. The lowest BCUT2D eigenvalue weighted by atomic mass is 9.99. The normalized spacial score (nSPS) is 22.0. The molecule has 2 aromatic rings. The highest BCUT2D eigenvalue weighted by Crippen LogP contribution is 2.28. The summed E-state index contributed by atoms with van der Waals surface area (Å²) in [6.07, 6.45) is 6.35. The van der Waals surface area contributed by atoms with E-state index < -0.39 is 0 Å². The summed E-state index contributed by atoms with van der Waals surface area (Å²) in [5, 5.41) is 3.58. The second-order valence-corrected chi connectivity index (χ2v) is 5.88. The molecule has 112 valence electrons. The van der Waals surface area contributed by atoms with Gasteiger partial charge in [-0.2, -0.15) is 0 Å². The number of hydrogen-bond acceptors (Lipinski definition) is 3. The molecule has 1 aromatic carbocycles. The van der Waals surface area contributed by atoms with Crippen molar-refractivity contribution in [3.8, 4) is 0 Å². The van der Waals surface area contributed by atoms with Crippen molar-refractivity contribution < 1.29 is 0 Å². The van der Waals surface area contributed by atoms with E-state index in [-0.39, 0.29) is 5.56 Å². The largest absolute Gasteiger partial charge is 0.314 e. The zero-order valence-electron chi connectivity index (χ0n) is 12.6. The smallest absolute Gasteiger partial charge is 0.269 e. The van der Waals surface area contributed by atoms with Crippen molar-refractivity contribution in [1.29, 1.82) is 0 Å². The molecule has 1 fully saturated rings. The van der Waals surface area contributed by atoms with Crippen LogP contribution in [0.3, 0.4) is 0 Å². The Bertz CT molecular complexity index is 664. The van der Waals surface area contributed by atoms with Gasteiger partial charge in [0, 0.05) is 12.6 Å². The van der Waals surface area contributed by atoms with Gasteiger partial charge in [-0.15, -0.1) is 0 Å². The summed E-state index contributed by atoms with van der Waals surface area (Å²) < 4.78 is 1.88. The van der Waals surface area contributed by atoms with E-state index in [2.05, 4.69) is 17.2 Å². The molecule has 2 unspecified atom stereocenters. The van der Waals surface area contributed by atoms with Gasteiger partial charge in [-0.05, 0) is 43.9 Å². The molecule has 4 heteroatoms. The van der Waals surface area contributed by atoms with Gasteiger partial charge in [0.15, 0.2) is 0 Å². The zero-order valence-corrected chi connectivity index (χ0v) is 12.6. The van der Waals surface area contributed by atoms with Gasteiger partial charge in [0.05, 0.1) is 17.2 Å². The van der Waals surface area contributed by atoms with Crippen molar-refractivity contribution in [2.24, 2.45) is 5.92 Å². The molecule has 4 nitrogen and oxygen atoms in total. The molecule has 0 spiro atoms. The van der Waals surface area contributed by atoms with Gasteiger partial charge >= 0.3 is 0 Å². The number of hydrogen-bond donors (Lipinski definition) is 1. The van der Waals surface area contributed by atoms with Crippen LogP contribution in [0.15, 0.2) is 35.3 Å². The van der Waals surface area contributed by atoms with E-state index in [4.69, 9.17) is 0 Å². The Morgan fingerprint density at radius 2 is 2.19 bits per heavy atom. The molecular formula is C17H23N3O. The number of rotatable bonds is 5. The number of benzene rings is 1. The van der Waals surface area contributed by atoms with E-state index >= 15 is 0 Å². The van der Waals surface area contributed by atoms with Crippen molar-refractivity contribution in [3.63, 3.8) is 0 Å². The number of nitrogens with one attached hydrogen (secondary N) is 1. The molecule has 1 aromatic heterocycles. The summed E-state index contributed by atoms with van der Waals surface area (Å²) >= 11 is 0. The predicted octanol–water partition coefficient (Wildman–Crippen LogP) is 2.56. The minimum atomic E-state index is 0.00620. The molecule has 1 heterocycles. The second-order valence-electron chi connectivity index (χ2n) is 5.88. The van der Waals surface area contributed by atoms with Crippen LogP contribution in [0.4, 0.5) is 0 Å². The average molecular weight is 285 g/mol. The molecule has 1 N–H and O–H groups in total. The van der Waals surface area contributed by atoms with E-state index in [0.29, 0.717) is 12.0 Å². The fraction of sp³-hybridized carbons (Fsp3) is 0.529. The fourth-order valence-corrected chi connectivity index (χ4v) is 3.55. The highest BCUT2D eigenvalue weighted by Gasteiger charge is 2.26. The van der Waals surface area contributed by atoms with Gasteiger partial charge in [0.2, 0.25) is 0 Å². The summed E-state index contributed by atoms with van der Waals surface area (Å²) in [6, 6.07) is 8.50. The van der Waals surface area contributed by atoms with Gasteiger partial charge in [-0.3, -0.25) is 4.79 Å². The monoisotopic (exact) mass is 285 g/mol. The third-order valence-electron chi connectivity index (χ3n) is 4.60. The standard InChI is InChI=1S/C17H23N3O/c1-2-18-14-8-5-6-13(14)10-11-20-16-9-4-3-7-15(16)19-12-17(20)21/h3-4,7,9,12-14,18H,2,5-6,8,10-11H2,1H3. The minimum absolute atomic E-state index is 0.00620. The van der Waals surface area contributed by atoms with Gasteiger partial charge in [-0.1, -0.05) is 25.5 Å². The number of aryl methyl sites for hydroxylation is 1. The van der Waals surface area contributed by atoms with E-state index in [1.807, 2.05) is 28.8 Å². The van der Waals surface area contributed by atoms with Gasteiger partial charge in [-0.25, -0.2) is 4.98 Å². The molecule has 0 saturated heterocycles. The molecule has 1 aliphatic carbocycles. The Morgan fingerprint density at radius 1 is 1.33 bits per heavy atom. The molecule has 0 radical (unpaired) electrons. The number of nitrogens with zero attached hydrogens (tertiary/aromatic N) is 2. The third-order valence-corrected chi connectivity index (χ3v) is 4.60. The number of para-hydroxylation sites is 2. The van der Waals surface area contributed by atoms with Crippen molar-refractivity contribution in [1.82, 2.24) is 14.9 Å². The molecule has 1 aliphatic rings. The Hall–Kier alpha value is -1.68. The van der Waals surface area contributed by atoms with Crippen LogP contribution in [0.5, 0.6) is 0 Å². The van der Waals surface area contributed by atoms with Crippen LogP contribution in [0.25, 0.3) is 11.0 Å². The SMILES string of the molecule is CCNC1CCCC1CCn1c(=O)cnc2ccccc21. The summed E-state index contributed by atoms with van der Waals surface area (Å²) in [5.41, 5.74) is 1.85. The van der Waals surface area contributed by atoms with Gasteiger partial charge < -0.3 is 9.88 Å². The molecule has 3 rings (SSSR count). The molecule has 1 saturated carbocycles. The first-order chi connectivity index (χ1) is 10.3. The van der Waals surface area contributed by atoms with Crippen molar-refractivity contribution in [2.75, 3.05) is 6.54 Å². The predicted molar refractivity (Wildman–Crippen MR) is 85.4 cm³/mol. The van der Waals surface area contributed by atoms with Gasteiger partial charge in [0.25, 0.3) is 5.56 Å². The summed E-state index contributed by atoms with van der Waals surface area (Å²) in [7, 11) is 0. The van der Waals surface area contributed by atoms with Crippen LogP contribution in [-0.4, -0.2) is 22.1 Å². The van der Waals surface area contributed by atoms with Crippen LogP contribution in [0.1, 0.15) is 32.6 Å². The Labute approximate surface area is 125 Å². The summed E-state index contributed by atoms with van der Waals surface area (Å²) in [4.78, 5) is 16.3. The molecule has 0 amide bonds. The van der Waals surface area contributed by atoms with Crippen LogP contribution in [0.2, 0.25) is 0 Å². The van der Waals surface area contributed by atoms with Crippen molar-refractivity contribution >= 4 is 11.0 Å². The molecule has 0 aliphatic heterocycles. The zero-order chi connectivity index (χ0) is 14.7. The number of fused-ring (bicyclic) bond motifs is 1. The molecule has 21 heavy (non-hydrogen) atoms. The van der Waals surface area contributed by atoms with Crippen molar-refractivity contribution in [3.05, 3.63) is 40.8 Å². The van der Waals surface area contributed by atoms with Crippen LogP contribution < -0.4 is 10.9 Å². The fourth-order valence-electron chi connectivity index (χ4n) is 3.55. The lowest BCUT2D eigenvalue weighted by molar-refractivity contribution is 0.366. The molecule has 2 atom stereocenters. The Balaban J connectivity index is 1.79. The summed E-state index contributed by atoms with van der Waals surface area (Å²) in [5.74, 6) is 0.684. The Kier molecular flexibility index (Phi) is 4.34. The van der Waals surface area contributed by atoms with Crippen LogP contribution >= 0.6 is 0 Å². The molecule has 0 bridgehead atoms. The first-order valence-corrected chi connectivity index (χ1v) is 7.97.